The Morgan fingerprint density at radius 1 is 1.22 bits per heavy atom. The number of halogens is 1. The molecule has 0 aromatic heterocycles. The van der Waals surface area contributed by atoms with Crippen LogP contribution in [0.5, 0.6) is 5.75 Å². The molecule has 0 bridgehead atoms. The number of aldehydes is 1. The molecule has 2 heterocycles. The van der Waals surface area contributed by atoms with Crippen molar-refractivity contribution in [1.82, 2.24) is 15.1 Å². The van der Waals surface area contributed by atoms with Gasteiger partial charge in [-0.05, 0) is 17.2 Å². The van der Waals surface area contributed by atoms with E-state index in [1.54, 1.807) is 0 Å². The first-order valence-corrected chi connectivity index (χ1v) is 11.9. The van der Waals surface area contributed by atoms with Crippen molar-refractivity contribution in [1.29, 1.82) is 0 Å². The average molecular weight is 500 g/mol. The fourth-order valence-electron chi connectivity index (χ4n) is 4.52. The second-order valence-corrected chi connectivity index (χ2v) is 8.92. The van der Waals surface area contributed by atoms with Crippen LogP contribution in [0.2, 0.25) is 0 Å². The number of nitrogens with one attached hydrogen (secondary N) is 1. The maximum Gasteiger partial charge on any atom is 0.273 e. The van der Waals surface area contributed by atoms with Crippen molar-refractivity contribution in [3.63, 3.8) is 0 Å². The van der Waals surface area contributed by atoms with Crippen molar-refractivity contribution in [2.75, 3.05) is 33.4 Å². The monoisotopic (exact) mass is 499 g/mol. The summed E-state index contributed by atoms with van der Waals surface area (Å²) < 4.78 is 25.7. The lowest BCUT2D eigenvalue weighted by molar-refractivity contribution is -0.159. The van der Waals surface area contributed by atoms with Gasteiger partial charge in [-0.3, -0.25) is 19.4 Å². The summed E-state index contributed by atoms with van der Waals surface area (Å²) in [6.45, 7) is 4.09. The zero-order valence-electron chi connectivity index (χ0n) is 20.2. The molecule has 10 heteroatoms. The highest BCUT2D eigenvalue weighted by Crippen LogP contribution is 2.37. The molecule has 192 valence electrons. The van der Waals surface area contributed by atoms with Gasteiger partial charge < -0.3 is 24.7 Å². The molecule has 1 fully saturated rings. The van der Waals surface area contributed by atoms with Gasteiger partial charge in [0.1, 0.15) is 24.5 Å². The highest BCUT2D eigenvalue weighted by Gasteiger charge is 2.48. The van der Waals surface area contributed by atoms with Crippen molar-refractivity contribution in [2.45, 2.75) is 38.3 Å². The third-order valence-electron chi connectivity index (χ3n) is 6.54. The third-order valence-corrected chi connectivity index (χ3v) is 6.54. The zero-order chi connectivity index (χ0) is 25.7. The molecule has 0 spiro atoms. The van der Waals surface area contributed by atoms with E-state index in [9.17, 15) is 23.9 Å². The van der Waals surface area contributed by atoms with Crippen LogP contribution in [0.1, 0.15) is 39.9 Å². The number of aliphatic hydroxyl groups is 1. The SMILES string of the molecule is CNC(=O)C(O)(CCC=O)N1Cc2c(OCc3ccc(CN4CCOCC4)cc3)cc(F)cc2C1=O. The van der Waals surface area contributed by atoms with Gasteiger partial charge in [-0.25, -0.2) is 4.39 Å². The molecule has 4 rings (SSSR count). The maximum absolute atomic E-state index is 14.4. The average Bonchev–Trinajstić information content (AvgIpc) is 3.23. The summed E-state index contributed by atoms with van der Waals surface area (Å²) in [5, 5.41) is 13.4. The van der Waals surface area contributed by atoms with Crippen molar-refractivity contribution < 1.29 is 33.4 Å². The molecule has 1 saturated heterocycles. The molecule has 1 atom stereocenters. The maximum atomic E-state index is 14.4. The fourth-order valence-corrected chi connectivity index (χ4v) is 4.52. The predicted octanol–water partition coefficient (Wildman–Crippen LogP) is 1.61. The van der Waals surface area contributed by atoms with Crippen molar-refractivity contribution in [3.8, 4) is 5.75 Å². The minimum absolute atomic E-state index is 0.0132. The Bertz CT molecular complexity index is 1120. The Labute approximate surface area is 208 Å². The highest BCUT2D eigenvalue weighted by atomic mass is 19.1. The van der Waals surface area contributed by atoms with Gasteiger partial charge in [0.15, 0.2) is 0 Å². The molecule has 36 heavy (non-hydrogen) atoms. The normalized spacial score (nSPS) is 17.4. The molecule has 2 N–H and O–H groups in total. The third kappa shape index (κ3) is 5.40. The van der Waals surface area contributed by atoms with E-state index in [2.05, 4.69) is 10.2 Å². The summed E-state index contributed by atoms with van der Waals surface area (Å²) in [5.41, 5.74) is 0.165. The number of likely N-dealkylation sites (N-methyl/N-ethyl adjacent to an activating group) is 1. The number of nitrogens with zero attached hydrogens (tertiary/aromatic N) is 2. The van der Waals surface area contributed by atoms with E-state index >= 15 is 0 Å². The van der Waals surface area contributed by atoms with Crippen LogP contribution in [-0.4, -0.2) is 72.1 Å². The molecular weight excluding hydrogens is 469 g/mol. The summed E-state index contributed by atoms with van der Waals surface area (Å²) in [6, 6.07) is 10.2. The van der Waals surface area contributed by atoms with E-state index in [1.165, 1.54) is 13.1 Å². The van der Waals surface area contributed by atoms with Crippen molar-refractivity contribution >= 4 is 18.1 Å². The molecule has 9 nitrogen and oxygen atoms in total. The Morgan fingerprint density at radius 2 is 1.92 bits per heavy atom. The molecule has 1 unspecified atom stereocenters. The smallest absolute Gasteiger partial charge is 0.273 e. The number of hydrogen-bond donors (Lipinski definition) is 2. The minimum Gasteiger partial charge on any atom is -0.488 e. The lowest BCUT2D eigenvalue weighted by Crippen LogP contribution is -2.58. The Hall–Kier alpha value is -3.34. The van der Waals surface area contributed by atoms with Crippen LogP contribution in [0, 0.1) is 5.82 Å². The number of amides is 2. The first kappa shape index (κ1) is 25.7. The molecule has 2 aliphatic heterocycles. The molecule has 0 radical (unpaired) electrons. The van der Waals surface area contributed by atoms with Crippen LogP contribution in [0.15, 0.2) is 36.4 Å². The number of morpholine rings is 1. The molecule has 0 saturated carbocycles. The summed E-state index contributed by atoms with van der Waals surface area (Å²) in [4.78, 5) is 39.7. The number of hydrogen-bond acceptors (Lipinski definition) is 7. The minimum atomic E-state index is -2.25. The van der Waals surface area contributed by atoms with Crippen molar-refractivity contribution in [2.24, 2.45) is 0 Å². The second kappa shape index (κ2) is 11.2. The number of fused-ring (bicyclic) bond motifs is 1. The zero-order valence-corrected chi connectivity index (χ0v) is 20.2. The van der Waals surface area contributed by atoms with Gasteiger partial charge in [0.2, 0.25) is 5.72 Å². The standard InChI is InChI=1S/C26H30FN3O6/c1-28-25(33)26(34,7-2-10-31)30-16-22-21(24(30)32)13-20(27)14-23(22)36-17-19-5-3-18(4-6-19)15-29-8-11-35-12-9-29/h3-6,10,13-14,34H,2,7-9,11-12,15-17H2,1H3,(H,28,33). The molecule has 2 aliphatic rings. The lowest BCUT2D eigenvalue weighted by atomic mass is 10.0. The van der Waals surface area contributed by atoms with Crippen LogP contribution < -0.4 is 10.1 Å². The first-order valence-electron chi connectivity index (χ1n) is 11.9. The quantitative estimate of drug-likeness (QED) is 0.478. The number of carbonyl (C=O) groups excluding carboxylic acids is 3. The highest BCUT2D eigenvalue weighted by molar-refractivity contribution is 6.02. The van der Waals surface area contributed by atoms with Crippen LogP contribution in [-0.2, 0) is 34.0 Å². The van der Waals surface area contributed by atoms with E-state index in [0.717, 1.165) is 54.9 Å². The van der Waals surface area contributed by atoms with Gasteiger partial charge in [0.05, 0.1) is 25.3 Å². The Morgan fingerprint density at radius 3 is 2.58 bits per heavy atom. The van der Waals surface area contributed by atoms with E-state index in [4.69, 9.17) is 9.47 Å². The van der Waals surface area contributed by atoms with E-state index in [0.29, 0.717) is 11.8 Å². The number of benzene rings is 2. The molecule has 2 aromatic carbocycles. The van der Waals surface area contributed by atoms with Gasteiger partial charge in [0, 0.05) is 51.2 Å². The number of ether oxygens (including phenoxy) is 2. The summed E-state index contributed by atoms with van der Waals surface area (Å²) >= 11 is 0. The Kier molecular flexibility index (Phi) is 7.97. The van der Waals surface area contributed by atoms with Gasteiger partial charge in [-0.2, -0.15) is 0 Å². The van der Waals surface area contributed by atoms with Gasteiger partial charge in [-0.1, -0.05) is 24.3 Å². The molecule has 2 amide bonds. The van der Waals surface area contributed by atoms with E-state index in [-0.39, 0.29) is 37.3 Å². The molecule has 0 aliphatic carbocycles. The second-order valence-electron chi connectivity index (χ2n) is 8.92. The summed E-state index contributed by atoms with van der Waals surface area (Å²) in [5.74, 6) is -2.05. The topological polar surface area (TPSA) is 108 Å². The fraction of sp³-hybridized carbons (Fsp3) is 0.423. The number of carbonyl (C=O) groups is 3. The van der Waals surface area contributed by atoms with Crippen LogP contribution in [0.4, 0.5) is 4.39 Å². The van der Waals surface area contributed by atoms with E-state index < -0.39 is 23.4 Å². The largest absolute Gasteiger partial charge is 0.488 e. The van der Waals surface area contributed by atoms with Crippen LogP contribution in [0.25, 0.3) is 0 Å². The Balaban J connectivity index is 1.48. The van der Waals surface area contributed by atoms with Gasteiger partial charge >= 0.3 is 0 Å². The summed E-state index contributed by atoms with van der Waals surface area (Å²) in [7, 11) is 1.32. The van der Waals surface area contributed by atoms with Crippen LogP contribution >= 0.6 is 0 Å². The van der Waals surface area contributed by atoms with Crippen molar-refractivity contribution in [3.05, 3.63) is 64.5 Å². The first-order chi connectivity index (χ1) is 17.4. The number of rotatable bonds is 10. The van der Waals surface area contributed by atoms with Crippen LogP contribution in [0.3, 0.4) is 0 Å². The van der Waals surface area contributed by atoms with Gasteiger partial charge in [-0.15, -0.1) is 0 Å². The lowest BCUT2D eigenvalue weighted by Gasteiger charge is -2.34. The molecular formula is C26H30FN3O6. The van der Waals surface area contributed by atoms with E-state index in [1.807, 2.05) is 24.3 Å². The van der Waals surface area contributed by atoms with Gasteiger partial charge in [0.25, 0.3) is 11.8 Å². The predicted molar refractivity (Wildman–Crippen MR) is 127 cm³/mol. The summed E-state index contributed by atoms with van der Waals surface area (Å²) in [6.07, 6.45) is 0.136. The molecule has 2 aromatic rings.